The number of aromatic nitrogens is 1. The number of hydrogen-bond donors (Lipinski definition) is 1. The lowest BCUT2D eigenvalue weighted by Gasteiger charge is -2.08. The van der Waals surface area contributed by atoms with E-state index in [2.05, 4.69) is 90.1 Å². The zero-order valence-corrected chi connectivity index (χ0v) is 16.2. The van der Waals surface area contributed by atoms with Crippen molar-refractivity contribution in [1.29, 1.82) is 0 Å². The molecule has 0 atom stereocenters. The van der Waals surface area contributed by atoms with E-state index in [1.165, 1.54) is 27.4 Å². The molecule has 0 aliphatic carbocycles. The van der Waals surface area contributed by atoms with Crippen LogP contribution < -0.4 is 9.30 Å². The van der Waals surface area contributed by atoms with Gasteiger partial charge in [-0.3, -0.25) is 0 Å². The number of benzene rings is 3. The van der Waals surface area contributed by atoms with E-state index in [0.717, 1.165) is 23.4 Å². The highest BCUT2D eigenvalue weighted by Crippen LogP contribution is 2.29. The standard InChI is InChI=1S/C24H21NOS/c1-26-24-13-12-18(20-6-2-3-8-22(20)24)10-11-19-14-15-25(16-17-27)23-9-5-4-7-21(19)23/h2-15H,16-17H2,1H3/p+1/b11-10+. The van der Waals surface area contributed by atoms with Crippen LogP contribution in [0.2, 0.25) is 0 Å². The molecule has 2 nitrogen and oxygen atoms in total. The van der Waals surface area contributed by atoms with Crippen LogP contribution in [0.4, 0.5) is 0 Å². The maximum Gasteiger partial charge on any atom is 0.213 e. The number of aryl methyl sites for hydroxylation is 1. The fourth-order valence-corrected chi connectivity index (χ4v) is 3.77. The largest absolute Gasteiger partial charge is 0.496 e. The van der Waals surface area contributed by atoms with Crippen molar-refractivity contribution in [2.45, 2.75) is 6.54 Å². The fraction of sp³-hybridized carbons (Fsp3) is 0.125. The number of ether oxygens (including phenoxy) is 1. The molecule has 0 unspecified atom stereocenters. The summed E-state index contributed by atoms with van der Waals surface area (Å²) in [7, 11) is 1.72. The van der Waals surface area contributed by atoms with Crippen molar-refractivity contribution in [3.8, 4) is 5.75 Å². The van der Waals surface area contributed by atoms with Crippen molar-refractivity contribution in [2.75, 3.05) is 12.9 Å². The van der Waals surface area contributed by atoms with Gasteiger partial charge in [0.2, 0.25) is 5.52 Å². The molecule has 0 radical (unpaired) electrons. The molecule has 3 aromatic carbocycles. The van der Waals surface area contributed by atoms with E-state index in [1.54, 1.807) is 7.11 Å². The number of fused-ring (bicyclic) bond motifs is 2. The van der Waals surface area contributed by atoms with Gasteiger partial charge in [-0.1, -0.05) is 54.6 Å². The van der Waals surface area contributed by atoms with E-state index in [9.17, 15) is 0 Å². The highest BCUT2D eigenvalue weighted by atomic mass is 32.1. The number of methoxy groups -OCH3 is 1. The van der Waals surface area contributed by atoms with Gasteiger partial charge in [-0.25, -0.2) is 0 Å². The smallest absolute Gasteiger partial charge is 0.213 e. The molecule has 4 rings (SSSR count). The Balaban J connectivity index is 1.80. The molecule has 0 bridgehead atoms. The first kappa shape index (κ1) is 17.6. The van der Waals surface area contributed by atoms with Gasteiger partial charge in [0.05, 0.1) is 12.5 Å². The van der Waals surface area contributed by atoms with Crippen LogP contribution in [-0.2, 0) is 6.54 Å². The molecule has 0 spiro atoms. The average Bonchev–Trinajstić information content (AvgIpc) is 2.73. The van der Waals surface area contributed by atoms with Gasteiger partial charge < -0.3 is 4.74 Å². The van der Waals surface area contributed by atoms with Crippen LogP contribution in [0.1, 0.15) is 11.1 Å². The SMILES string of the molecule is COc1ccc(/C=C/c2cc[n+](CCS)c3ccccc23)c2ccccc12. The Morgan fingerprint density at radius 3 is 2.22 bits per heavy atom. The third kappa shape index (κ3) is 3.43. The van der Waals surface area contributed by atoms with E-state index >= 15 is 0 Å². The van der Waals surface area contributed by atoms with Crippen molar-refractivity contribution < 1.29 is 9.30 Å². The van der Waals surface area contributed by atoms with Crippen LogP contribution in [0.5, 0.6) is 5.75 Å². The minimum absolute atomic E-state index is 0.821. The Bertz CT molecular complexity index is 1130. The third-order valence-electron chi connectivity index (χ3n) is 4.88. The molecule has 1 heterocycles. The second-order valence-corrected chi connectivity index (χ2v) is 6.89. The molecule has 4 aromatic rings. The number of hydrogen-bond acceptors (Lipinski definition) is 2. The van der Waals surface area contributed by atoms with Crippen LogP contribution in [0, 0.1) is 0 Å². The lowest BCUT2D eigenvalue weighted by atomic mass is 10.0. The van der Waals surface area contributed by atoms with Crippen molar-refractivity contribution in [3.05, 3.63) is 84.1 Å². The van der Waals surface area contributed by atoms with Crippen LogP contribution in [0.25, 0.3) is 33.8 Å². The quantitative estimate of drug-likeness (QED) is 0.366. The first-order chi connectivity index (χ1) is 13.3. The van der Waals surface area contributed by atoms with Crippen LogP contribution in [0.15, 0.2) is 72.9 Å². The average molecular weight is 373 g/mol. The maximum atomic E-state index is 5.51. The molecule has 0 amide bonds. The summed E-state index contributed by atoms with van der Waals surface area (Å²) in [5.74, 6) is 1.72. The summed E-state index contributed by atoms with van der Waals surface area (Å²) in [6.45, 7) is 0.900. The zero-order valence-electron chi connectivity index (χ0n) is 15.3. The highest BCUT2D eigenvalue weighted by Gasteiger charge is 2.10. The Morgan fingerprint density at radius 2 is 1.48 bits per heavy atom. The third-order valence-corrected chi connectivity index (χ3v) is 5.08. The van der Waals surface area contributed by atoms with Crippen LogP contribution in [-0.4, -0.2) is 12.9 Å². The van der Waals surface area contributed by atoms with E-state index in [4.69, 9.17) is 4.74 Å². The van der Waals surface area contributed by atoms with Gasteiger partial charge in [0.1, 0.15) is 5.75 Å². The van der Waals surface area contributed by atoms with E-state index in [1.807, 2.05) is 12.1 Å². The number of para-hydroxylation sites is 1. The summed E-state index contributed by atoms with van der Waals surface area (Å²) in [6.07, 6.45) is 6.53. The van der Waals surface area contributed by atoms with Crippen molar-refractivity contribution in [3.63, 3.8) is 0 Å². The predicted molar refractivity (Wildman–Crippen MR) is 117 cm³/mol. The maximum absolute atomic E-state index is 5.51. The second-order valence-electron chi connectivity index (χ2n) is 6.44. The van der Waals surface area contributed by atoms with E-state index in [-0.39, 0.29) is 0 Å². The minimum Gasteiger partial charge on any atom is -0.496 e. The van der Waals surface area contributed by atoms with Gasteiger partial charge >= 0.3 is 0 Å². The second kappa shape index (κ2) is 7.85. The molecule has 0 N–H and O–H groups in total. The van der Waals surface area contributed by atoms with Crippen LogP contribution in [0.3, 0.4) is 0 Å². The summed E-state index contributed by atoms with van der Waals surface area (Å²) in [4.78, 5) is 0. The fourth-order valence-electron chi connectivity index (χ4n) is 3.55. The number of pyridine rings is 1. The molecule has 0 saturated carbocycles. The molecule has 3 heteroatoms. The number of rotatable bonds is 5. The van der Waals surface area contributed by atoms with Gasteiger partial charge in [0.15, 0.2) is 12.7 Å². The van der Waals surface area contributed by atoms with Gasteiger partial charge in [0.25, 0.3) is 0 Å². The Morgan fingerprint density at radius 1 is 0.815 bits per heavy atom. The van der Waals surface area contributed by atoms with Gasteiger partial charge in [-0.15, -0.1) is 0 Å². The van der Waals surface area contributed by atoms with Crippen LogP contribution >= 0.6 is 12.6 Å². The first-order valence-corrected chi connectivity index (χ1v) is 9.71. The Hall–Kier alpha value is -2.78. The lowest BCUT2D eigenvalue weighted by molar-refractivity contribution is -0.666. The zero-order chi connectivity index (χ0) is 18.6. The first-order valence-electron chi connectivity index (χ1n) is 9.07. The Labute approximate surface area is 165 Å². The molecule has 1 aromatic heterocycles. The summed E-state index contributed by atoms with van der Waals surface area (Å²) in [5, 5.41) is 3.57. The lowest BCUT2D eigenvalue weighted by Crippen LogP contribution is -2.35. The van der Waals surface area contributed by atoms with Crippen molar-refractivity contribution >= 4 is 46.5 Å². The molecular formula is C24H22NOS+. The molecular weight excluding hydrogens is 350 g/mol. The molecule has 27 heavy (non-hydrogen) atoms. The molecule has 0 fully saturated rings. The van der Waals surface area contributed by atoms with E-state index in [0.29, 0.717) is 0 Å². The topological polar surface area (TPSA) is 13.1 Å². The molecule has 0 aliphatic rings. The summed E-state index contributed by atoms with van der Waals surface area (Å²) < 4.78 is 7.76. The molecule has 134 valence electrons. The van der Waals surface area contributed by atoms with Gasteiger partial charge in [-0.05, 0) is 28.6 Å². The summed E-state index contributed by atoms with van der Waals surface area (Å²) in [5.41, 5.74) is 3.62. The summed E-state index contributed by atoms with van der Waals surface area (Å²) >= 11 is 4.38. The Kier molecular flexibility index (Phi) is 5.12. The predicted octanol–water partition coefficient (Wildman–Crippen LogP) is 5.39. The van der Waals surface area contributed by atoms with Crippen molar-refractivity contribution in [1.82, 2.24) is 0 Å². The molecule has 0 saturated heterocycles. The minimum atomic E-state index is 0.821. The summed E-state index contributed by atoms with van der Waals surface area (Å²) in [6, 6.07) is 23.2. The normalized spacial score (nSPS) is 11.5. The van der Waals surface area contributed by atoms with Crippen molar-refractivity contribution in [2.24, 2.45) is 0 Å². The van der Waals surface area contributed by atoms with E-state index < -0.39 is 0 Å². The monoisotopic (exact) mass is 372 g/mol. The molecule has 0 aliphatic heterocycles. The number of nitrogens with zero attached hydrogens (tertiary/aromatic N) is 1. The van der Waals surface area contributed by atoms with Gasteiger partial charge in [0, 0.05) is 23.3 Å². The number of thiol groups is 1. The van der Waals surface area contributed by atoms with Gasteiger partial charge in [-0.2, -0.15) is 17.2 Å². The highest BCUT2D eigenvalue weighted by molar-refractivity contribution is 7.80.